The number of esters is 2. The molecule has 0 saturated heterocycles. The van der Waals surface area contributed by atoms with Gasteiger partial charge in [-0.2, -0.15) is 0 Å². The van der Waals surface area contributed by atoms with Crippen LogP contribution in [0, 0.1) is 0 Å². The van der Waals surface area contributed by atoms with Crippen LogP contribution < -0.4 is 83.2 Å². The van der Waals surface area contributed by atoms with Crippen molar-refractivity contribution in [3.8, 4) is 155 Å². The molecule has 0 saturated carbocycles. The van der Waals surface area contributed by atoms with Crippen molar-refractivity contribution < 1.29 is 140 Å². The Bertz CT molecular complexity index is 7240. The molecule has 11 N–H and O–H groups in total. The van der Waals surface area contributed by atoms with E-state index in [2.05, 4.69) is 20.7 Å². The molecule has 0 atom stereocenters. The van der Waals surface area contributed by atoms with E-state index < -0.39 is 23.1 Å². The summed E-state index contributed by atoms with van der Waals surface area (Å²) in [5, 5.41) is 56.3. The Labute approximate surface area is 874 Å². The van der Waals surface area contributed by atoms with Crippen molar-refractivity contribution in [3.63, 3.8) is 0 Å². The number of halogens is 1. The van der Waals surface area contributed by atoms with E-state index in [1.165, 1.54) is 54.3 Å². The summed E-state index contributed by atoms with van der Waals surface area (Å²) in [6.07, 6.45) is 0.419. The van der Waals surface area contributed by atoms with Crippen LogP contribution >= 0.6 is 56.9 Å². The first-order chi connectivity index (χ1) is 69.5. The topological polar surface area (TPSA) is 431 Å². The number of carboxylic acids is 2. The van der Waals surface area contributed by atoms with Crippen molar-refractivity contribution in [2.75, 3.05) is 99.9 Å². The van der Waals surface area contributed by atoms with Gasteiger partial charge in [-0.25, -0.2) is 0 Å². The molecule has 3 amide bonds. The van der Waals surface area contributed by atoms with Gasteiger partial charge >= 0.3 is 42.7 Å². The number of anilines is 4. The van der Waals surface area contributed by atoms with Crippen LogP contribution in [-0.2, 0) is 54.3 Å². The Balaban J connectivity index is 0.000000191. The third kappa shape index (κ3) is 29.0. The Hall–Kier alpha value is -16.4. The molecule has 746 valence electrons. The van der Waals surface area contributed by atoms with Crippen molar-refractivity contribution in [1.29, 1.82) is 0 Å². The molecule has 0 bridgehead atoms. The zero-order chi connectivity index (χ0) is 103. The maximum Gasteiger partial charge on any atom is 1.00 e. The number of phenols is 3. The second-order valence-corrected chi connectivity index (χ2v) is 36.0. The smallest absolute Gasteiger partial charge is 0.870 e. The second-order valence-electron chi connectivity index (χ2n) is 31.0. The molecule has 12 aromatic carbocycles. The summed E-state index contributed by atoms with van der Waals surface area (Å²) in [6, 6.07) is 85.5. The molecule has 0 spiro atoms. The Kier molecular flexibility index (Phi) is 41.0. The number of aromatic hydroxyl groups is 3. The van der Waals surface area contributed by atoms with E-state index in [9.17, 15) is 53.7 Å². The van der Waals surface area contributed by atoms with Crippen LogP contribution in [0.5, 0.6) is 69.0 Å². The Morgan fingerprint density at radius 2 is 0.562 bits per heavy atom. The van der Waals surface area contributed by atoms with Crippen LogP contribution in [0.3, 0.4) is 0 Å². The van der Waals surface area contributed by atoms with E-state index in [0.717, 1.165) is 102 Å². The van der Waals surface area contributed by atoms with Crippen molar-refractivity contribution in [1.82, 2.24) is 0 Å². The molecule has 4 aromatic heterocycles. The Morgan fingerprint density at radius 3 is 0.836 bits per heavy atom. The average molecular weight is 2060 g/mol. The molecule has 0 unspecified atom stereocenters. The number of aliphatic carboxylic acids is 2. The van der Waals surface area contributed by atoms with Crippen molar-refractivity contribution >= 4 is 127 Å². The minimum Gasteiger partial charge on any atom is -0.870 e. The number of carboxylic acid groups (broad SMARTS) is 2. The minimum atomic E-state index is -0.907. The van der Waals surface area contributed by atoms with Gasteiger partial charge in [0.2, 0.25) is 0 Å². The molecule has 0 fully saturated rings. The fraction of sp³-hybridized carbons (Fsp3) is 0.135. The number of nitrogens with two attached hydrogens (primary N) is 1. The summed E-state index contributed by atoms with van der Waals surface area (Å²) in [5.41, 5.74) is 18.6. The number of amides is 3. The minimum absolute atomic E-state index is 0. The number of benzene rings is 12. The van der Waals surface area contributed by atoms with E-state index in [1.54, 1.807) is 203 Å². The maximum absolute atomic E-state index is 13.3. The van der Waals surface area contributed by atoms with Crippen molar-refractivity contribution in [2.24, 2.45) is 0 Å². The first-order valence-corrected chi connectivity index (χ1v) is 47.4. The summed E-state index contributed by atoms with van der Waals surface area (Å²) in [7, 11) is 16.9. The summed E-state index contributed by atoms with van der Waals surface area (Å²) in [4.78, 5) is 103. The molecule has 0 aliphatic rings. The number of rotatable bonds is 32. The average Bonchev–Trinajstić information content (AvgIpc) is 1.03. The predicted octanol–water partition coefficient (Wildman–Crippen LogP) is 20.4. The number of hydrogen-bond acceptors (Lipinski definition) is 28. The van der Waals surface area contributed by atoms with Gasteiger partial charge in [0.15, 0.2) is 0 Å². The zero-order valence-corrected chi connectivity index (χ0v) is 85.1. The van der Waals surface area contributed by atoms with Crippen LogP contribution in [0.2, 0.25) is 0 Å². The molecule has 0 aliphatic heterocycles. The molecular weight excluding hydrogens is 1960 g/mol. The fourth-order valence-corrected chi connectivity index (χ4v) is 19.2. The third-order valence-corrected chi connectivity index (χ3v) is 26.5. The fourth-order valence-electron chi connectivity index (χ4n) is 14.9. The summed E-state index contributed by atoms with van der Waals surface area (Å²) < 4.78 is 58.4. The number of carbonyl (C=O) groups excluding carboxylic acids is 6. The van der Waals surface area contributed by atoms with Crippen LogP contribution in [0.1, 0.15) is 60.9 Å². The molecule has 16 rings (SSSR count). The third-order valence-electron chi connectivity index (χ3n) is 21.8. The van der Waals surface area contributed by atoms with Gasteiger partial charge in [0.05, 0.1) is 126 Å². The van der Waals surface area contributed by atoms with Gasteiger partial charge in [-0.3, -0.25) is 38.4 Å². The summed E-state index contributed by atoms with van der Waals surface area (Å²) in [6.45, 7) is 0. The van der Waals surface area contributed by atoms with E-state index >= 15 is 0 Å². The van der Waals surface area contributed by atoms with Gasteiger partial charge in [0.1, 0.15) is 69.0 Å². The number of ether oxygens (including phenoxy) is 11. The van der Waals surface area contributed by atoms with Crippen LogP contribution in [-0.4, -0.2) is 156 Å². The number of thiophene rings is 4. The number of nitrogens with one attached hydrogen (secondary N) is 3. The monoisotopic (exact) mass is 2060 g/mol. The van der Waals surface area contributed by atoms with Gasteiger partial charge in [-0.1, -0.05) is 127 Å². The van der Waals surface area contributed by atoms with Gasteiger partial charge < -0.3 is 105 Å². The van der Waals surface area contributed by atoms with Crippen molar-refractivity contribution in [2.45, 2.75) is 25.7 Å². The molecule has 0 aliphatic carbocycles. The summed E-state index contributed by atoms with van der Waals surface area (Å²) >= 11 is 11.3. The van der Waals surface area contributed by atoms with Crippen LogP contribution in [0.15, 0.2) is 291 Å². The maximum atomic E-state index is 13.3. The predicted molar refractivity (Wildman–Crippen MR) is 565 cm³/mol. The van der Waals surface area contributed by atoms with E-state index in [-0.39, 0.29) is 90.2 Å². The van der Waals surface area contributed by atoms with Crippen LogP contribution in [0.4, 0.5) is 22.7 Å². The second kappa shape index (κ2) is 53.7. The molecule has 146 heavy (non-hydrogen) atoms. The number of hydrogen-bond donors (Lipinski definition) is 9. The van der Waals surface area contributed by atoms with Gasteiger partial charge in [-0.05, 0) is 149 Å². The number of para-hydroxylation sites is 4. The standard InChI is InChI=1S/C29H27NO6S.C28H25NO6S.C25H19NO6S.C16H15ClO4.C13H13NO2S.Li.H2O/c1-33-20-15-24(34-2)28(25(16-20)35-3)18-8-7-9-19(14-18)29(32)30-23-11-6-5-10-22(23)26-13-12-21(37-26)17-27(31)36-4;1-33-19-14-23(34-2)27(24(15-19)35-3)17-7-6-8-18(13-17)28(32)29-22-10-5-4-9-21(22)25-12-11-20(36-25)16-26(30)31;27-16-11-20(28)24(21(29)12-16)14-4-3-5-15(10-14)25(32)26-19-7-2-1-6-18(19)22-9-8-17(33-22)13-23(30)31;1-19-12-8-13(20-2)15(14(9-12)21-3)10-5-4-6-11(7-10)16(17)18;1-16-13(15)8-9-6-7-12(17-9)10-4-2-3-5-11(10)14;;/h5-16H,17H2,1-4H3,(H,30,32);4-15H,16H2,1-3H3,(H,29,32)(H,30,31);1-12,27-29H,13H2,(H,26,32)(H,30,31);4-9H,1-3H3;2-7H,8,14H2,1H3;;1H2/q;;;;;+1;/p-1. The normalized spacial score (nSPS) is 10.3. The first-order valence-electron chi connectivity index (χ1n) is 43.8. The first kappa shape index (κ1) is 112. The van der Waals surface area contributed by atoms with Crippen LogP contribution in [0.25, 0.3) is 86.3 Å². The molecule has 0 radical (unpaired) electrons. The SMILES string of the molecule is COC(=O)Cc1ccc(-c2ccccc2N)s1.COC(=O)Cc1ccc(-c2ccccc2NC(=O)c2cccc(-c3c(OC)cc(OC)cc3OC)c2)s1.COc1cc(OC)c(-c2cccc(C(=O)Cl)c2)c(OC)c1.COc1cc(OC)c(-c2cccc(C(=O)Nc3ccccc3-c3ccc(CC(=O)O)s3)c2)c(OC)c1.O=C(O)Cc1ccc(-c2ccccc2NC(=O)c2cccc(-c3c(O)cc(O)cc3O)c2)s1.[Li+].[OH-]. The number of methoxy groups -OCH3 is 11. The van der Waals surface area contributed by atoms with Crippen molar-refractivity contribution in [3.05, 3.63) is 333 Å². The number of nitrogen functional groups attached to an aromatic ring is 1. The molecule has 29 nitrogen and oxygen atoms in total. The quantitative estimate of drug-likeness (QED) is 0.00818. The Morgan fingerprint density at radius 1 is 0.301 bits per heavy atom. The van der Waals surface area contributed by atoms with Gasteiger partial charge in [0.25, 0.3) is 23.0 Å². The zero-order valence-electron chi connectivity index (χ0n) is 81.1. The molecule has 16 aromatic rings. The van der Waals surface area contributed by atoms with E-state index in [0.29, 0.717) is 113 Å². The molecule has 35 heteroatoms. The van der Waals surface area contributed by atoms with E-state index in [4.69, 9.17) is 74.9 Å². The van der Waals surface area contributed by atoms with Gasteiger partial charge in [0, 0.05) is 155 Å². The largest absolute Gasteiger partial charge is 1.00 e. The summed E-state index contributed by atoms with van der Waals surface area (Å²) in [5.74, 6) is 1.11. The molecule has 4 heterocycles. The number of phenolic OH excluding ortho intramolecular Hbond substituents is 3. The van der Waals surface area contributed by atoms with Gasteiger partial charge in [-0.15, -0.1) is 45.3 Å². The molecular formula is C111H100ClLiN4O25S4. The number of carbonyl (C=O) groups is 8. The van der Waals surface area contributed by atoms with E-state index in [1.807, 2.05) is 146 Å².